The first kappa shape index (κ1) is 18.7. The van der Waals surface area contributed by atoms with E-state index in [0.29, 0.717) is 5.02 Å². The Hall–Kier alpha value is -2.60. The second-order valence-electron chi connectivity index (χ2n) is 7.03. The van der Waals surface area contributed by atoms with Crippen LogP contribution in [0.1, 0.15) is 25.7 Å². The first-order valence-electron chi connectivity index (χ1n) is 9.51. The van der Waals surface area contributed by atoms with Crippen LogP contribution >= 0.6 is 11.6 Å². The van der Waals surface area contributed by atoms with Crippen LogP contribution in [0.5, 0.6) is 17.2 Å². The summed E-state index contributed by atoms with van der Waals surface area (Å²) in [6, 6.07) is 13.1. The maximum atomic E-state index is 12.2. The number of anilines is 1. The van der Waals surface area contributed by atoms with Gasteiger partial charge in [-0.3, -0.25) is 4.79 Å². The van der Waals surface area contributed by atoms with Gasteiger partial charge in [0.2, 0.25) is 12.7 Å². The van der Waals surface area contributed by atoms with E-state index in [1.54, 1.807) is 12.1 Å². The monoisotopic (exact) mass is 402 g/mol. The highest BCUT2D eigenvalue weighted by Gasteiger charge is 2.24. The smallest absolute Gasteiger partial charge is 0.239 e. The molecule has 2 aliphatic rings. The summed E-state index contributed by atoms with van der Waals surface area (Å²) in [6.45, 7) is 0.506. The van der Waals surface area contributed by atoms with Crippen molar-refractivity contribution in [2.24, 2.45) is 0 Å². The lowest BCUT2D eigenvalue weighted by molar-refractivity contribution is -0.120. The number of carbonyl (C=O) groups is 1. The topological polar surface area (TPSA) is 68.8 Å². The van der Waals surface area contributed by atoms with Gasteiger partial charge >= 0.3 is 0 Å². The zero-order chi connectivity index (χ0) is 19.3. The molecule has 148 valence electrons. The van der Waals surface area contributed by atoms with E-state index in [1.165, 1.54) is 0 Å². The Kier molecular flexibility index (Phi) is 5.76. The predicted octanol–water partition coefficient (Wildman–Crippen LogP) is 3.99. The van der Waals surface area contributed by atoms with Crippen LogP contribution in [0.3, 0.4) is 0 Å². The first-order valence-corrected chi connectivity index (χ1v) is 9.88. The van der Waals surface area contributed by atoms with Crippen LogP contribution < -0.4 is 24.8 Å². The molecule has 7 heteroatoms. The van der Waals surface area contributed by atoms with E-state index in [4.69, 9.17) is 25.8 Å². The zero-order valence-corrected chi connectivity index (χ0v) is 16.2. The van der Waals surface area contributed by atoms with Crippen molar-refractivity contribution in [3.63, 3.8) is 0 Å². The average molecular weight is 403 g/mol. The normalized spacial score (nSPS) is 20.5. The Bertz CT molecular complexity index is 820. The minimum atomic E-state index is -0.00455. The molecule has 1 aliphatic carbocycles. The molecule has 0 bridgehead atoms. The first-order chi connectivity index (χ1) is 13.7. The Morgan fingerprint density at radius 1 is 1.04 bits per heavy atom. The number of amides is 1. The molecule has 0 atom stereocenters. The molecule has 0 spiro atoms. The summed E-state index contributed by atoms with van der Waals surface area (Å²) in [5.41, 5.74) is 0.875. The molecule has 1 amide bonds. The van der Waals surface area contributed by atoms with Crippen LogP contribution in [0.15, 0.2) is 42.5 Å². The van der Waals surface area contributed by atoms with Crippen LogP contribution in [0.4, 0.5) is 5.69 Å². The van der Waals surface area contributed by atoms with Gasteiger partial charge in [-0.25, -0.2) is 0 Å². The molecule has 0 aromatic heterocycles. The summed E-state index contributed by atoms with van der Waals surface area (Å²) >= 11 is 5.86. The van der Waals surface area contributed by atoms with Crippen LogP contribution in [0.25, 0.3) is 0 Å². The SMILES string of the molecule is O=C(CNc1ccc(Cl)cc1)NC1CCC(Oc2ccc3c(c2)OCO3)CC1. The number of rotatable bonds is 6. The van der Waals surface area contributed by atoms with Gasteiger partial charge in [0.05, 0.1) is 12.6 Å². The quantitative estimate of drug-likeness (QED) is 0.764. The number of benzene rings is 2. The average Bonchev–Trinajstić information content (AvgIpc) is 3.17. The van der Waals surface area contributed by atoms with E-state index in [0.717, 1.165) is 48.6 Å². The lowest BCUT2D eigenvalue weighted by Gasteiger charge is -2.29. The van der Waals surface area contributed by atoms with Crippen molar-refractivity contribution in [3.8, 4) is 17.2 Å². The number of carbonyl (C=O) groups excluding carboxylic acids is 1. The third-order valence-corrected chi connectivity index (χ3v) is 5.24. The molecule has 1 heterocycles. The van der Waals surface area contributed by atoms with Crippen LogP contribution in [-0.4, -0.2) is 31.4 Å². The van der Waals surface area contributed by atoms with Crippen LogP contribution in [-0.2, 0) is 4.79 Å². The van der Waals surface area contributed by atoms with Gasteiger partial charge in [0, 0.05) is 22.8 Å². The highest BCUT2D eigenvalue weighted by molar-refractivity contribution is 6.30. The molecule has 2 N–H and O–H groups in total. The van der Waals surface area contributed by atoms with E-state index in [-0.39, 0.29) is 31.4 Å². The summed E-state index contributed by atoms with van der Waals surface area (Å²) in [4.78, 5) is 12.2. The Morgan fingerprint density at radius 3 is 2.57 bits per heavy atom. The molecule has 2 aromatic rings. The second-order valence-corrected chi connectivity index (χ2v) is 7.47. The van der Waals surface area contributed by atoms with Crippen molar-refractivity contribution in [1.29, 1.82) is 0 Å². The van der Waals surface area contributed by atoms with Gasteiger partial charge in [0.1, 0.15) is 5.75 Å². The lowest BCUT2D eigenvalue weighted by atomic mass is 9.93. The van der Waals surface area contributed by atoms with Crippen molar-refractivity contribution < 1.29 is 19.0 Å². The third kappa shape index (κ3) is 4.81. The van der Waals surface area contributed by atoms with E-state index in [9.17, 15) is 4.79 Å². The number of hydrogen-bond donors (Lipinski definition) is 2. The summed E-state index contributed by atoms with van der Waals surface area (Å²) in [5, 5.41) is 6.88. The molecule has 1 saturated carbocycles. The van der Waals surface area contributed by atoms with Gasteiger partial charge in [-0.1, -0.05) is 11.6 Å². The molecule has 2 aromatic carbocycles. The molecular weight excluding hydrogens is 380 g/mol. The lowest BCUT2D eigenvalue weighted by Crippen LogP contribution is -2.42. The minimum Gasteiger partial charge on any atom is -0.490 e. The van der Waals surface area contributed by atoms with Crippen LogP contribution in [0, 0.1) is 0 Å². The number of halogens is 1. The van der Waals surface area contributed by atoms with Gasteiger partial charge in [0.15, 0.2) is 11.5 Å². The summed E-state index contributed by atoms with van der Waals surface area (Å²) < 4.78 is 16.8. The molecule has 4 rings (SSSR count). The molecule has 6 nitrogen and oxygen atoms in total. The number of fused-ring (bicyclic) bond motifs is 1. The molecule has 0 saturated heterocycles. The molecule has 1 aliphatic heterocycles. The molecule has 0 unspecified atom stereocenters. The fourth-order valence-electron chi connectivity index (χ4n) is 3.50. The van der Waals surface area contributed by atoms with Gasteiger partial charge in [-0.15, -0.1) is 0 Å². The van der Waals surface area contributed by atoms with Crippen molar-refractivity contribution in [1.82, 2.24) is 5.32 Å². The van der Waals surface area contributed by atoms with Crippen LogP contribution in [0.2, 0.25) is 5.02 Å². The maximum Gasteiger partial charge on any atom is 0.239 e. The molecule has 1 fully saturated rings. The fourth-order valence-corrected chi connectivity index (χ4v) is 3.62. The predicted molar refractivity (Wildman–Crippen MR) is 107 cm³/mol. The summed E-state index contributed by atoms with van der Waals surface area (Å²) in [6.07, 6.45) is 3.78. The van der Waals surface area contributed by atoms with E-state index >= 15 is 0 Å². The zero-order valence-electron chi connectivity index (χ0n) is 15.4. The Balaban J connectivity index is 1.18. The highest BCUT2D eigenvalue weighted by Crippen LogP contribution is 2.36. The second kappa shape index (κ2) is 8.61. The van der Waals surface area contributed by atoms with Gasteiger partial charge < -0.3 is 24.8 Å². The van der Waals surface area contributed by atoms with E-state index in [1.807, 2.05) is 30.3 Å². The fraction of sp³-hybridized carbons (Fsp3) is 0.381. The minimum absolute atomic E-state index is 0.00455. The maximum absolute atomic E-state index is 12.2. The largest absolute Gasteiger partial charge is 0.490 e. The van der Waals surface area contributed by atoms with Crippen molar-refractivity contribution >= 4 is 23.2 Å². The van der Waals surface area contributed by atoms with E-state index in [2.05, 4.69) is 10.6 Å². The number of nitrogens with one attached hydrogen (secondary N) is 2. The molecular formula is C21H23ClN2O4. The van der Waals surface area contributed by atoms with Gasteiger partial charge in [-0.05, 0) is 62.1 Å². The summed E-state index contributed by atoms with van der Waals surface area (Å²) in [7, 11) is 0. The number of ether oxygens (including phenoxy) is 3. The summed E-state index contributed by atoms with van der Waals surface area (Å²) in [5.74, 6) is 2.27. The highest BCUT2D eigenvalue weighted by atomic mass is 35.5. The van der Waals surface area contributed by atoms with Crippen molar-refractivity contribution in [2.75, 3.05) is 18.7 Å². The van der Waals surface area contributed by atoms with Gasteiger partial charge in [0.25, 0.3) is 0 Å². The third-order valence-electron chi connectivity index (χ3n) is 4.98. The van der Waals surface area contributed by atoms with Crippen molar-refractivity contribution in [3.05, 3.63) is 47.5 Å². The Morgan fingerprint density at radius 2 is 1.79 bits per heavy atom. The number of hydrogen-bond acceptors (Lipinski definition) is 5. The Labute approximate surface area is 169 Å². The molecule has 28 heavy (non-hydrogen) atoms. The standard InChI is InChI=1S/C21H23ClN2O4/c22-14-1-3-15(4-2-14)23-12-21(25)24-16-5-7-17(8-6-16)28-18-9-10-19-20(11-18)27-13-26-19/h1-4,9-11,16-17,23H,5-8,12-13H2,(H,24,25). The van der Waals surface area contributed by atoms with Gasteiger partial charge in [-0.2, -0.15) is 0 Å². The van der Waals surface area contributed by atoms with E-state index < -0.39 is 0 Å². The van der Waals surface area contributed by atoms with Crippen molar-refractivity contribution in [2.45, 2.75) is 37.8 Å². The molecule has 0 radical (unpaired) electrons.